The van der Waals surface area contributed by atoms with E-state index in [1.165, 1.54) is 6.42 Å². The molecule has 0 atom stereocenters. The third-order valence-corrected chi connectivity index (χ3v) is 14.1. The Hall–Kier alpha value is 0.130. The molecule has 0 bridgehead atoms. The summed E-state index contributed by atoms with van der Waals surface area (Å²) < 4.78 is 0. The highest BCUT2D eigenvalue weighted by atomic mass is 32.2. The second kappa shape index (κ2) is 39.8. The smallest absolute Gasteiger partial charge is 0.223 e. The summed E-state index contributed by atoms with van der Waals surface area (Å²) in [4.78, 5) is 43.3. The van der Waals surface area contributed by atoms with Crippen molar-refractivity contribution in [3.05, 3.63) is 12.7 Å². The highest BCUT2D eigenvalue weighted by molar-refractivity contribution is 8.00. The van der Waals surface area contributed by atoms with Gasteiger partial charge in [-0.3, -0.25) is 14.4 Å². The number of hydrogen-bond donors (Lipinski definition) is 3. The van der Waals surface area contributed by atoms with Crippen LogP contribution >= 0.6 is 70.6 Å². The number of rotatable bonds is 39. The van der Waals surface area contributed by atoms with Gasteiger partial charge in [0.15, 0.2) is 0 Å². The van der Waals surface area contributed by atoms with E-state index in [9.17, 15) is 19.5 Å². The molecule has 9 nitrogen and oxygen atoms in total. The second-order valence-electron chi connectivity index (χ2n) is 12.2. The quantitative estimate of drug-likeness (QED) is 0.0547. The van der Waals surface area contributed by atoms with Crippen molar-refractivity contribution in [2.24, 2.45) is 5.73 Å². The van der Waals surface area contributed by atoms with Gasteiger partial charge in [0.2, 0.25) is 17.7 Å². The van der Waals surface area contributed by atoms with E-state index >= 15 is 0 Å². The lowest BCUT2D eigenvalue weighted by Gasteiger charge is -2.24. The topological polar surface area (TPSA) is 119 Å². The minimum atomic E-state index is 0.0140. The first-order valence-corrected chi connectivity index (χ1v) is 25.6. The lowest BCUT2D eigenvalue weighted by Crippen LogP contribution is -2.37. The zero-order valence-corrected chi connectivity index (χ0v) is 36.7. The fourth-order valence-corrected chi connectivity index (χ4v) is 10.4. The van der Waals surface area contributed by atoms with Gasteiger partial charge in [-0.1, -0.05) is 6.08 Å². The third-order valence-electron chi connectivity index (χ3n) is 7.39. The molecule has 0 fully saturated rings. The molecule has 0 aliphatic carbocycles. The van der Waals surface area contributed by atoms with Crippen LogP contribution in [0.25, 0.3) is 0 Å². The number of amides is 3. The molecule has 300 valence electrons. The van der Waals surface area contributed by atoms with Crippen LogP contribution in [-0.2, 0) is 14.4 Å². The average Bonchev–Trinajstić information content (AvgIpc) is 3.11. The molecule has 0 saturated carbocycles. The van der Waals surface area contributed by atoms with Crippen LogP contribution in [0.15, 0.2) is 12.7 Å². The van der Waals surface area contributed by atoms with E-state index in [-0.39, 0.29) is 24.3 Å². The van der Waals surface area contributed by atoms with Crippen molar-refractivity contribution in [1.29, 1.82) is 0 Å². The number of carbonyl (C=O) groups excluding carboxylic acids is 3. The fourth-order valence-electron chi connectivity index (χ4n) is 4.54. The minimum absolute atomic E-state index is 0.0140. The molecular formula is C36H71N5O4S6. The van der Waals surface area contributed by atoms with Crippen molar-refractivity contribution in [2.75, 3.05) is 136 Å². The minimum Gasteiger partial charge on any atom is -0.395 e. The van der Waals surface area contributed by atoms with Crippen molar-refractivity contribution < 1.29 is 19.5 Å². The lowest BCUT2D eigenvalue weighted by atomic mass is 10.3. The van der Waals surface area contributed by atoms with E-state index in [4.69, 9.17) is 5.73 Å². The molecular weight excluding hydrogens is 759 g/mol. The van der Waals surface area contributed by atoms with Gasteiger partial charge >= 0.3 is 0 Å². The predicted octanol–water partition coefficient (Wildman–Crippen LogP) is 5.37. The van der Waals surface area contributed by atoms with Gasteiger partial charge in [-0.2, -0.15) is 70.6 Å². The Labute approximate surface area is 337 Å². The number of carbonyl (C=O) groups is 3. The summed E-state index contributed by atoms with van der Waals surface area (Å²) in [6, 6.07) is 0. The van der Waals surface area contributed by atoms with Gasteiger partial charge in [-0.05, 0) is 111 Å². The normalized spacial score (nSPS) is 11.2. The molecule has 0 aliphatic heterocycles. The second-order valence-corrected chi connectivity index (χ2v) is 19.6. The molecule has 0 spiro atoms. The standard InChI is InChI=1S/C36H71N5O4S6/c1-4-15-38-34(43)11-31-49-28-9-26-47-23-6-16-40(19-18-39(2)3)35(44)12-32-50-30-10-27-48-24-7-17-41(20-21-42)36(45)13-33-51-29-8-25-46-22-5-14-37/h4,42H,1,5-33,37H2,2-3H3,(H,38,43). The molecule has 15 heteroatoms. The van der Waals surface area contributed by atoms with Gasteiger partial charge in [0.1, 0.15) is 0 Å². The van der Waals surface area contributed by atoms with Gasteiger partial charge < -0.3 is 30.9 Å². The summed E-state index contributed by atoms with van der Waals surface area (Å²) in [6.07, 6.45) is 9.89. The molecule has 0 heterocycles. The molecule has 0 aromatic heterocycles. The summed E-state index contributed by atoms with van der Waals surface area (Å²) in [5.41, 5.74) is 5.53. The number of aliphatic hydroxyl groups excluding tert-OH is 1. The number of nitrogens with one attached hydrogen (secondary N) is 1. The number of hydrogen-bond acceptors (Lipinski definition) is 12. The Morgan fingerprint density at radius 3 is 1.43 bits per heavy atom. The number of likely N-dealkylation sites (N-methyl/N-ethyl adjacent to an activating group) is 1. The van der Waals surface area contributed by atoms with Crippen molar-refractivity contribution in [2.45, 2.75) is 57.8 Å². The van der Waals surface area contributed by atoms with Crippen LogP contribution in [0.1, 0.15) is 57.8 Å². The number of nitrogens with zero attached hydrogens (tertiary/aromatic N) is 3. The van der Waals surface area contributed by atoms with Crippen LogP contribution in [0, 0.1) is 0 Å². The number of aliphatic hydroxyl groups is 1. The van der Waals surface area contributed by atoms with Crippen LogP contribution in [-0.4, -0.2) is 173 Å². The molecule has 3 amide bonds. The van der Waals surface area contributed by atoms with Crippen molar-refractivity contribution in [1.82, 2.24) is 20.0 Å². The summed E-state index contributed by atoms with van der Waals surface area (Å²) in [6.45, 7) is 8.56. The largest absolute Gasteiger partial charge is 0.395 e. The maximum atomic E-state index is 13.0. The summed E-state index contributed by atoms with van der Waals surface area (Å²) in [5, 5.41) is 12.3. The van der Waals surface area contributed by atoms with Crippen LogP contribution < -0.4 is 11.1 Å². The van der Waals surface area contributed by atoms with E-state index in [2.05, 4.69) is 35.8 Å². The maximum Gasteiger partial charge on any atom is 0.223 e. The van der Waals surface area contributed by atoms with Crippen LogP contribution in [0.4, 0.5) is 0 Å². The molecule has 0 saturated heterocycles. The van der Waals surface area contributed by atoms with Gasteiger partial charge in [0.05, 0.1) is 6.61 Å². The highest BCUT2D eigenvalue weighted by Crippen LogP contribution is 2.14. The van der Waals surface area contributed by atoms with E-state index in [1.54, 1.807) is 6.08 Å². The van der Waals surface area contributed by atoms with E-state index in [1.807, 2.05) is 75.5 Å². The van der Waals surface area contributed by atoms with Crippen molar-refractivity contribution >= 4 is 88.3 Å². The zero-order valence-electron chi connectivity index (χ0n) is 31.8. The van der Waals surface area contributed by atoms with E-state index < -0.39 is 0 Å². The number of thioether (sulfide) groups is 6. The molecule has 0 rings (SSSR count). The zero-order chi connectivity index (χ0) is 37.6. The Bertz CT molecular complexity index is 850. The molecule has 0 radical (unpaired) electrons. The van der Waals surface area contributed by atoms with Crippen molar-refractivity contribution in [3.8, 4) is 0 Å². The molecule has 51 heavy (non-hydrogen) atoms. The van der Waals surface area contributed by atoms with E-state index in [0.29, 0.717) is 38.9 Å². The SMILES string of the molecule is C=CCNC(=O)CCSCCCSCCCN(CCN(C)C)C(=O)CCSCCCSCCCN(CCO)C(=O)CCSCCCSCCCN. The van der Waals surface area contributed by atoms with Gasteiger partial charge in [0.25, 0.3) is 0 Å². The van der Waals surface area contributed by atoms with E-state index in [0.717, 1.165) is 127 Å². The first kappa shape index (κ1) is 51.1. The monoisotopic (exact) mass is 829 g/mol. The molecule has 0 aliphatic rings. The van der Waals surface area contributed by atoms with Crippen molar-refractivity contribution in [3.63, 3.8) is 0 Å². The Morgan fingerprint density at radius 1 is 0.588 bits per heavy atom. The summed E-state index contributed by atoms with van der Waals surface area (Å²) in [5.74, 6) is 12.9. The molecule has 0 aromatic carbocycles. The average molecular weight is 830 g/mol. The van der Waals surface area contributed by atoms with Gasteiger partial charge in [-0.15, -0.1) is 6.58 Å². The fraction of sp³-hybridized carbons (Fsp3) is 0.861. The lowest BCUT2D eigenvalue weighted by molar-refractivity contribution is -0.131. The van der Waals surface area contributed by atoms with Crippen LogP contribution in [0.2, 0.25) is 0 Å². The highest BCUT2D eigenvalue weighted by Gasteiger charge is 2.14. The Balaban J connectivity index is 3.96. The molecule has 4 N–H and O–H groups in total. The summed E-state index contributed by atoms with van der Waals surface area (Å²) in [7, 11) is 4.11. The van der Waals surface area contributed by atoms with Gasteiger partial charge in [-0.25, -0.2) is 0 Å². The predicted molar refractivity (Wildman–Crippen MR) is 237 cm³/mol. The molecule has 0 unspecified atom stereocenters. The van der Waals surface area contributed by atoms with Gasteiger partial charge in [0, 0.05) is 75.8 Å². The summed E-state index contributed by atoms with van der Waals surface area (Å²) >= 11 is 11.4. The number of nitrogens with two attached hydrogens (primary N) is 1. The Kier molecular flexibility index (Phi) is 39.9. The maximum absolute atomic E-state index is 13.0. The first-order chi connectivity index (χ1) is 24.8. The third kappa shape index (κ3) is 35.6. The molecule has 0 aromatic rings. The van der Waals surface area contributed by atoms with Crippen LogP contribution in [0.5, 0.6) is 0 Å². The first-order valence-electron chi connectivity index (χ1n) is 18.7. The van der Waals surface area contributed by atoms with Crippen LogP contribution in [0.3, 0.4) is 0 Å². The Morgan fingerprint density at radius 2 is 1.00 bits per heavy atom.